The topological polar surface area (TPSA) is 70.1 Å². The molecule has 0 saturated heterocycles. The fourth-order valence-electron chi connectivity index (χ4n) is 2.44. The minimum atomic E-state index is -0.0229. The van der Waals surface area contributed by atoms with E-state index >= 15 is 0 Å². The van der Waals surface area contributed by atoms with Gasteiger partial charge in [0.1, 0.15) is 0 Å². The smallest absolute Gasteiger partial charge is 0.230 e. The van der Waals surface area contributed by atoms with Gasteiger partial charge < -0.3 is 15.5 Å². The molecule has 3 rings (SSSR count). The molecule has 2 N–H and O–H groups in total. The molecule has 6 nitrogen and oxygen atoms in total. The van der Waals surface area contributed by atoms with Gasteiger partial charge >= 0.3 is 0 Å². The van der Waals surface area contributed by atoms with E-state index in [0.717, 1.165) is 32.0 Å². The number of thioether (sulfide) groups is 1. The number of amides is 1. The lowest BCUT2D eigenvalue weighted by molar-refractivity contribution is -0.118. The number of aromatic nitrogens is 2. The molecular weight excluding hydrogens is 390 g/mol. The number of hydrogen-bond donors (Lipinski definition) is 2. The van der Waals surface area contributed by atoms with E-state index in [1.807, 2.05) is 74.4 Å². The highest BCUT2D eigenvalue weighted by Gasteiger charge is 2.09. The third-order valence-corrected chi connectivity index (χ3v) is 6.03. The van der Waals surface area contributed by atoms with Crippen molar-refractivity contribution in [2.75, 3.05) is 30.1 Å². The van der Waals surface area contributed by atoms with Crippen LogP contribution in [0.15, 0.2) is 52.9 Å². The summed E-state index contributed by atoms with van der Waals surface area (Å²) in [6.07, 6.45) is 0. The van der Waals surface area contributed by atoms with Gasteiger partial charge in [-0.1, -0.05) is 53.4 Å². The molecule has 0 bridgehead atoms. The Kier molecular flexibility index (Phi) is 6.89. The van der Waals surface area contributed by atoms with Gasteiger partial charge in [-0.15, -0.1) is 10.2 Å². The second-order valence-corrected chi connectivity index (χ2v) is 8.64. The number of para-hydroxylation sites is 1. The number of nitrogens with zero attached hydrogens (tertiary/aromatic N) is 3. The number of nitrogens with one attached hydrogen (secondary N) is 2. The zero-order chi connectivity index (χ0) is 19.9. The molecule has 0 unspecified atom stereocenters. The first-order valence-corrected chi connectivity index (χ1v) is 10.6. The molecular formula is C20H23N5OS2. The van der Waals surface area contributed by atoms with E-state index < -0.39 is 0 Å². The van der Waals surface area contributed by atoms with Crippen LogP contribution in [0.1, 0.15) is 11.1 Å². The molecule has 0 fully saturated rings. The minimum absolute atomic E-state index is 0.0229. The summed E-state index contributed by atoms with van der Waals surface area (Å²) in [4.78, 5) is 14.2. The van der Waals surface area contributed by atoms with Crippen molar-refractivity contribution in [3.8, 4) is 0 Å². The van der Waals surface area contributed by atoms with Crippen molar-refractivity contribution in [2.45, 2.75) is 17.8 Å². The first kappa shape index (κ1) is 20.2. The summed E-state index contributed by atoms with van der Waals surface area (Å²) >= 11 is 2.83. The van der Waals surface area contributed by atoms with Crippen LogP contribution in [-0.2, 0) is 11.3 Å². The Hall–Kier alpha value is -2.58. The zero-order valence-electron chi connectivity index (χ0n) is 16.1. The molecule has 1 aromatic heterocycles. The van der Waals surface area contributed by atoms with Gasteiger partial charge in [0.15, 0.2) is 4.34 Å². The Morgan fingerprint density at radius 1 is 1.11 bits per heavy atom. The largest absolute Gasteiger partial charge is 0.378 e. The molecule has 0 saturated carbocycles. The van der Waals surface area contributed by atoms with Crippen LogP contribution in [0, 0.1) is 6.92 Å². The molecule has 0 aliphatic carbocycles. The van der Waals surface area contributed by atoms with Crippen LogP contribution in [0.5, 0.6) is 0 Å². The molecule has 0 radical (unpaired) electrons. The highest BCUT2D eigenvalue weighted by Crippen LogP contribution is 2.28. The third kappa shape index (κ3) is 5.71. The molecule has 0 aliphatic rings. The summed E-state index contributed by atoms with van der Waals surface area (Å²) in [5, 5.41) is 15.2. The van der Waals surface area contributed by atoms with Gasteiger partial charge in [0, 0.05) is 32.0 Å². The predicted octanol–water partition coefficient (Wildman–Crippen LogP) is 4.06. The zero-order valence-corrected chi connectivity index (χ0v) is 17.7. The summed E-state index contributed by atoms with van der Waals surface area (Å²) in [5.74, 6) is 0.291. The van der Waals surface area contributed by atoms with Crippen molar-refractivity contribution in [3.05, 3.63) is 59.7 Å². The first-order valence-electron chi connectivity index (χ1n) is 8.83. The lowest BCUT2D eigenvalue weighted by Gasteiger charge is -2.12. The highest BCUT2D eigenvalue weighted by molar-refractivity contribution is 8.01. The van der Waals surface area contributed by atoms with Crippen LogP contribution in [0.3, 0.4) is 0 Å². The number of hydrogen-bond acceptors (Lipinski definition) is 7. The van der Waals surface area contributed by atoms with Gasteiger partial charge in [0.05, 0.1) is 5.75 Å². The van der Waals surface area contributed by atoms with Crippen molar-refractivity contribution in [1.82, 2.24) is 15.5 Å². The van der Waals surface area contributed by atoms with E-state index in [0.29, 0.717) is 12.3 Å². The second-order valence-electron chi connectivity index (χ2n) is 6.44. The summed E-state index contributed by atoms with van der Waals surface area (Å²) in [6.45, 7) is 2.56. The molecule has 146 valence electrons. The van der Waals surface area contributed by atoms with E-state index in [1.165, 1.54) is 23.1 Å². The highest BCUT2D eigenvalue weighted by atomic mass is 32.2. The Morgan fingerprint density at radius 2 is 1.86 bits per heavy atom. The molecule has 0 atom stereocenters. The van der Waals surface area contributed by atoms with Gasteiger partial charge in [-0.25, -0.2) is 0 Å². The number of aryl methyl sites for hydroxylation is 1. The van der Waals surface area contributed by atoms with Gasteiger partial charge in [0.2, 0.25) is 11.0 Å². The lowest BCUT2D eigenvalue weighted by Crippen LogP contribution is -2.24. The number of anilines is 3. The van der Waals surface area contributed by atoms with E-state index in [9.17, 15) is 4.79 Å². The minimum Gasteiger partial charge on any atom is -0.378 e. The number of carbonyl (C=O) groups is 1. The molecule has 3 aromatic rings. The molecule has 2 aromatic carbocycles. The van der Waals surface area contributed by atoms with Crippen molar-refractivity contribution in [2.24, 2.45) is 0 Å². The van der Waals surface area contributed by atoms with Crippen LogP contribution in [0.25, 0.3) is 0 Å². The Morgan fingerprint density at radius 3 is 2.57 bits per heavy atom. The number of benzene rings is 2. The Bertz CT molecular complexity index is 924. The van der Waals surface area contributed by atoms with Crippen LogP contribution < -0.4 is 15.5 Å². The Labute approximate surface area is 173 Å². The molecule has 0 aliphatic heterocycles. The van der Waals surface area contributed by atoms with Crippen LogP contribution in [-0.4, -0.2) is 36.0 Å². The maximum atomic E-state index is 12.1. The van der Waals surface area contributed by atoms with Crippen LogP contribution in [0.2, 0.25) is 0 Å². The van der Waals surface area contributed by atoms with Gasteiger partial charge in [0.25, 0.3) is 0 Å². The monoisotopic (exact) mass is 413 g/mol. The predicted molar refractivity (Wildman–Crippen MR) is 118 cm³/mol. The standard InChI is InChI=1S/C20H23N5OS2/c1-14-6-4-5-7-17(14)22-19-23-24-20(28-19)27-13-18(26)21-12-15-8-10-16(11-9-15)25(2)3/h4-11H,12-13H2,1-3H3,(H,21,26)(H,22,23). The average Bonchev–Trinajstić information content (AvgIpc) is 3.14. The lowest BCUT2D eigenvalue weighted by atomic mass is 10.2. The van der Waals surface area contributed by atoms with Gasteiger partial charge in [-0.2, -0.15) is 0 Å². The van der Waals surface area contributed by atoms with E-state index in [1.54, 1.807) is 0 Å². The van der Waals surface area contributed by atoms with Crippen molar-refractivity contribution >= 4 is 45.5 Å². The van der Waals surface area contributed by atoms with Crippen molar-refractivity contribution in [1.29, 1.82) is 0 Å². The van der Waals surface area contributed by atoms with Crippen molar-refractivity contribution in [3.63, 3.8) is 0 Å². The fourth-order valence-corrected chi connectivity index (χ4v) is 4.03. The second kappa shape index (κ2) is 9.57. The number of carbonyl (C=O) groups excluding carboxylic acids is 1. The molecule has 1 amide bonds. The average molecular weight is 414 g/mol. The third-order valence-electron chi connectivity index (χ3n) is 4.06. The summed E-state index contributed by atoms with van der Waals surface area (Å²) in [5.41, 5.74) is 4.36. The van der Waals surface area contributed by atoms with Crippen molar-refractivity contribution < 1.29 is 4.79 Å². The summed E-state index contributed by atoms with van der Waals surface area (Å²) < 4.78 is 0.765. The SMILES string of the molecule is Cc1ccccc1Nc1nnc(SCC(=O)NCc2ccc(N(C)C)cc2)s1. The van der Waals surface area contributed by atoms with E-state index in [4.69, 9.17) is 0 Å². The maximum absolute atomic E-state index is 12.1. The van der Waals surface area contributed by atoms with Crippen LogP contribution in [0.4, 0.5) is 16.5 Å². The molecule has 0 spiro atoms. The van der Waals surface area contributed by atoms with E-state index in [-0.39, 0.29) is 5.91 Å². The van der Waals surface area contributed by atoms with Gasteiger partial charge in [-0.3, -0.25) is 4.79 Å². The quantitative estimate of drug-likeness (QED) is 0.543. The van der Waals surface area contributed by atoms with Crippen LogP contribution >= 0.6 is 23.1 Å². The summed E-state index contributed by atoms with van der Waals surface area (Å²) in [6, 6.07) is 16.1. The Balaban J connectivity index is 1.44. The summed E-state index contributed by atoms with van der Waals surface area (Å²) in [7, 11) is 4.01. The normalized spacial score (nSPS) is 10.5. The molecule has 1 heterocycles. The number of rotatable bonds is 8. The maximum Gasteiger partial charge on any atom is 0.230 e. The van der Waals surface area contributed by atoms with E-state index in [2.05, 4.69) is 20.8 Å². The van der Waals surface area contributed by atoms with Gasteiger partial charge in [-0.05, 0) is 36.2 Å². The molecule has 8 heteroatoms. The molecule has 28 heavy (non-hydrogen) atoms. The first-order chi connectivity index (χ1) is 13.5. The fraction of sp³-hybridized carbons (Fsp3) is 0.250.